The summed E-state index contributed by atoms with van der Waals surface area (Å²) in [6.07, 6.45) is 1.74. The minimum absolute atomic E-state index is 0.113. The Bertz CT molecular complexity index is 776. The largest absolute Gasteiger partial charge is 0.478 e. The summed E-state index contributed by atoms with van der Waals surface area (Å²) < 4.78 is 12.6. The van der Waals surface area contributed by atoms with Crippen LogP contribution in [0.15, 0.2) is 36.5 Å². The summed E-state index contributed by atoms with van der Waals surface area (Å²) in [5.41, 5.74) is 1.71. The molecule has 0 aliphatic carbocycles. The molecule has 1 aromatic heterocycles. The molecule has 0 saturated carbocycles. The first-order chi connectivity index (χ1) is 12.1. The highest BCUT2D eigenvalue weighted by molar-refractivity contribution is 5.90. The molecule has 2 aliphatic rings. The van der Waals surface area contributed by atoms with Gasteiger partial charge in [-0.2, -0.15) is 0 Å². The third-order valence-electron chi connectivity index (χ3n) is 5.24. The van der Waals surface area contributed by atoms with Crippen LogP contribution in [0.4, 0.5) is 10.5 Å². The first kappa shape index (κ1) is 16.0. The summed E-state index contributed by atoms with van der Waals surface area (Å²) in [5.74, 6) is 0.729. The van der Waals surface area contributed by atoms with E-state index in [0.29, 0.717) is 43.8 Å². The van der Waals surface area contributed by atoms with Gasteiger partial charge in [-0.15, -0.1) is 5.10 Å². The number of hydrogen-bond donors (Lipinski definition) is 1. The number of urea groups is 1. The smallest absolute Gasteiger partial charge is 0.322 e. The van der Waals surface area contributed by atoms with Crippen molar-refractivity contribution in [3.05, 3.63) is 42.1 Å². The highest BCUT2D eigenvalue weighted by Crippen LogP contribution is 2.44. The molecule has 132 valence electrons. The lowest BCUT2D eigenvalue weighted by molar-refractivity contribution is 0.152. The van der Waals surface area contributed by atoms with Crippen molar-refractivity contribution in [2.75, 3.05) is 38.7 Å². The number of fused-ring (bicyclic) bond motifs is 1. The molecule has 2 fully saturated rings. The van der Waals surface area contributed by atoms with Crippen molar-refractivity contribution in [1.29, 1.82) is 0 Å². The summed E-state index contributed by atoms with van der Waals surface area (Å²) in [5, 5.41) is 7.09. The Kier molecular flexibility index (Phi) is 3.88. The van der Waals surface area contributed by atoms with Crippen molar-refractivity contribution < 1.29 is 14.3 Å². The van der Waals surface area contributed by atoms with Gasteiger partial charge in [0.15, 0.2) is 0 Å². The van der Waals surface area contributed by atoms with Crippen LogP contribution in [0.2, 0.25) is 0 Å². The lowest BCUT2D eigenvalue weighted by Crippen LogP contribution is -2.38. The van der Waals surface area contributed by atoms with Crippen molar-refractivity contribution in [2.45, 2.75) is 5.41 Å². The van der Waals surface area contributed by atoms with E-state index >= 15 is 0 Å². The fourth-order valence-corrected chi connectivity index (χ4v) is 3.97. The topological polar surface area (TPSA) is 68.6 Å². The lowest BCUT2D eigenvalue weighted by Gasteiger charge is -2.27. The molecule has 0 spiro atoms. The highest BCUT2D eigenvalue weighted by Gasteiger charge is 2.52. The number of ether oxygens (including phenoxy) is 2. The zero-order valence-corrected chi connectivity index (χ0v) is 14.4. The van der Waals surface area contributed by atoms with E-state index in [2.05, 4.69) is 22.5 Å². The van der Waals surface area contributed by atoms with Gasteiger partial charge >= 0.3 is 6.03 Å². The van der Waals surface area contributed by atoms with Crippen LogP contribution in [0, 0.1) is 5.92 Å². The molecule has 1 aromatic carbocycles. The van der Waals surface area contributed by atoms with Gasteiger partial charge in [0.05, 0.1) is 26.5 Å². The number of nitrogens with zero attached hydrogens (tertiary/aromatic N) is 3. The van der Waals surface area contributed by atoms with Crippen molar-refractivity contribution in [3.8, 4) is 5.88 Å². The summed E-state index contributed by atoms with van der Waals surface area (Å²) in [6.45, 7) is 2.68. The van der Waals surface area contributed by atoms with Gasteiger partial charge < -0.3 is 19.7 Å². The average molecular weight is 342 g/mol. The zero-order chi connectivity index (χ0) is 17.4. The van der Waals surface area contributed by atoms with Crippen molar-refractivity contribution in [3.63, 3.8) is 0 Å². The van der Waals surface area contributed by atoms with Crippen LogP contribution in [-0.4, -0.2) is 54.1 Å². The summed E-state index contributed by atoms with van der Waals surface area (Å²) in [7, 11) is 3.33. The van der Waals surface area contributed by atoms with Crippen LogP contribution in [0.3, 0.4) is 0 Å². The molecule has 2 amide bonds. The number of carbonyl (C=O) groups is 1. The molecule has 0 unspecified atom stereocenters. The number of benzene rings is 1. The summed E-state index contributed by atoms with van der Waals surface area (Å²) in [4.78, 5) is 14.6. The number of aromatic nitrogens is 2. The molecular formula is C18H22N4O3. The maximum absolute atomic E-state index is 12.8. The molecule has 2 aromatic rings. The number of likely N-dealkylation sites (tertiary alicyclic amines) is 1. The Labute approximate surface area is 146 Å². The van der Waals surface area contributed by atoms with Gasteiger partial charge in [-0.05, 0) is 5.56 Å². The van der Waals surface area contributed by atoms with Gasteiger partial charge in [-0.1, -0.05) is 30.3 Å². The second kappa shape index (κ2) is 6.07. The second-order valence-electron chi connectivity index (χ2n) is 6.77. The van der Waals surface area contributed by atoms with E-state index in [-0.39, 0.29) is 11.4 Å². The monoisotopic (exact) mass is 342 g/mol. The summed E-state index contributed by atoms with van der Waals surface area (Å²) in [6, 6.07) is 10.2. The quantitative estimate of drug-likeness (QED) is 0.924. The minimum Gasteiger partial charge on any atom is -0.478 e. The Balaban J connectivity index is 1.54. The molecule has 3 heterocycles. The maximum Gasteiger partial charge on any atom is 0.322 e. The number of nitrogens with one attached hydrogen (secondary N) is 1. The van der Waals surface area contributed by atoms with E-state index in [1.807, 2.05) is 23.1 Å². The molecule has 0 radical (unpaired) electrons. The van der Waals surface area contributed by atoms with Crippen LogP contribution in [-0.2, 0) is 17.2 Å². The van der Waals surface area contributed by atoms with Crippen LogP contribution in [0.5, 0.6) is 5.88 Å². The number of amides is 2. The number of hydrogen-bond acceptors (Lipinski definition) is 4. The van der Waals surface area contributed by atoms with E-state index in [1.54, 1.807) is 25.0 Å². The molecule has 0 bridgehead atoms. The zero-order valence-electron chi connectivity index (χ0n) is 14.4. The number of rotatable bonds is 3. The molecule has 1 N–H and O–H groups in total. The van der Waals surface area contributed by atoms with Gasteiger partial charge in [0.25, 0.3) is 5.88 Å². The van der Waals surface area contributed by atoms with E-state index in [9.17, 15) is 4.79 Å². The van der Waals surface area contributed by atoms with Gasteiger partial charge in [0.2, 0.25) is 0 Å². The van der Waals surface area contributed by atoms with E-state index in [0.717, 1.165) is 0 Å². The number of anilines is 1. The molecule has 25 heavy (non-hydrogen) atoms. The van der Waals surface area contributed by atoms with E-state index in [1.165, 1.54) is 5.56 Å². The van der Waals surface area contributed by atoms with Crippen LogP contribution >= 0.6 is 0 Å². The molecule has 4 rings (SSSR count). The van der Waals surface area contributed by atoms with Crippen LogP contribution in [0.25, 0.3) is 0 Å². The van der Waals surface area contributed by atoms with Gasteiger partial charge in [0.1, 0.15) is 5.69 Å². The molecular weight excluding hydrogens is 320 g/mol. The van der Waals surface area contributed by atoms with Gasteiger partial charge in [-0.25, -0.2) is 4.79 Å². The second-order valence-corrected chi connectivity index (χ2v) is 6.77. The minimum atomic E-state index is -0.129. The van der Waals surface area contributed by atoms with Gasteiger partial charge in [0, 0.05) is 31.5 Å². The van der Waals surface area contributed by atoms with Crippen molar-refractivity contribution in [1.82, 2.24) is 14.7 Å². The standard InChI is InChI=1S/C18H22N4O3/c1-21-9-15(16(20-21)24-2)19-17(23)22-8-14-10-25-12-18(14,11-22)13-6-4-3-5-7-13/h3-7,9,14H,8,10-12H2,1-2H3,(H,19,23)/t14-,18+/m1/s1. The third-order valence-corrected chi connectivity index (χ3v) is 5.24. The molecule has 2 aliphatic heterocycles. The van der Waals surface area contributed by atoms with Crippen molar-refractivity contribution >= 4 is 11.7 Å². The first-order valence-corrected chi connectivity index (χ1v) is 8.39. The molecule has 2 saturated heterocycles. The summed E-state index contributed by atoms with van der Waals surface area (Å²) >= 11 is 0. The number of aryl methyl sites for hydroxylation is 1. The normalized spacial score (nSPS) is 25.0. The fraction of sp³-hybridized carbons (Fsp3) is 0.444. The van der Waals surface area contributed by atoms with E-state index in [4.69, 9.17) is 9.47 Å². The first-order valence-electron chi connectivity index (χ1n) is 8.39. The highest BCUT2D eigenvalue weighted by atomic mass is 16.5. The van der Waals surface area contributed by atoms with Crippen molar-refractivity contribution in [2.24, 2.45) is 13.0 Å². The predicted molar refractivity (Wildman–Crippen MR) is 92.8 cm³/mol. The Morgan fingerprint density at radius 1 is 1.40 bits per heavy atom. The predicted octanol–water partition coefficient (Wildman–Crippen LogP) is 1.86. The molecule has 7 heteroatoms. The SMILES string of the molecule is COc1nn(C)cc1NC(=O)N1C[C@@H]2COC[C@]2(c2ccccc2)C1. The molecule has 7 nitrogen and oxygen atoms in total. The Morgan fingerprint density at radius 2 is 2.20 bits per heavy atom. The Morgan fingerprint density at radius 3 is 2.96 bits per heavy atom. The maximum atomic E-state index is 12.8. The van der Waals surface area contributed by atoms with Gasteiger partial charge in [-0.3, -0.25) is 4.68 Å². The number of carbonyl (C=O) groups excluding carboxylic acids is 1. The average Bonchev–Trinajstić information content (AvgIpc) is 3.27. The fourth-order valence-electron chi connectivity index (χ4n) is 3.97. The van der Waals surface area contributed by atoms with Crippen LogP contribution < -0.4 is 10.1 Å². The Hall–Kier alpha value is -2.54. The molecule has 2 atom stereocenters. The lowest BCUT2D eigenvalue weighted by atomic mass is 9.75. The van der Waals surface area contributed by atoms with Crippen LogP contribution in [0.1, 0.15) is 5.56 Å². The third kappa shape index (κ3) is 2.64. The number of methoxy groups -OCH3 is 1. The van der Waals surface area contributed by atoms with E-state index < -0.39 is 0 Å².